The third kappa shape index (κ3) is 6.03. The lowest BCUT2D eigenvalue weighted by Gasteiger charge is -2.17. The Kier molecular flexibility index (Phi) is 10.0. The molecular formula is C13H23Cl2N5O. The topological polar surface area (TPSA) is 92.9 Å². The number of halogens is 2. The average Bonchev–Trinajstić information content (AvgIpc) is 2.93. The maximum absolute atomic E-state index is 12.0. The quantitative estimate of drug-likeness (QED) is 0.680. The van der Waals surface area contributed by atoms with Crippen LogP contribution < -0.4 is 16.4 Å². The van der Waals surface area contributed by atoms with Gasteiger partial charge in [0.25, 0.3) is 0 Å². The maximum Gasteiger partial charge on any atom is 0.223 e. The maximum atomic E-state index is 12.0. The summed E-state index contributed by atoms with van der Waals surface area (Å²) < 4.78 is 0. The molecule has 2 rings (SSSR count). The van der Waals surface area contributed by atoms with Crippen molar-refractivity contribution in [3.63, 3.8) is 0 Å². The summed E-state index contributed by atoms with van der Waals surface area (Å²) >= 11 is 0. The highest BCUT2D eigenvalue weighted by molar-refractivity contribution is 5.85. The number of aromatic nitrogens is 2. The van der Waals surface area contributed by atoms with E-state index in [0.717, 1.165) is 25.1 Å². The fourth-order valence-corrected chi connectivity index (χ4v) is 2.56. The van der Waals surface area contributed by atoms with E-state index >= 15 is 0 Å². The number of carbonyl (C=O) groups is 1. The van der Waals surface area contributed by atoms with Gasteiger partial charge in [-0.3, -0.25) is 9.78 Å². The summed E-state index contributed by atoms with van der Waals surface area (Å²) in [5.41, 5.74) is 5.69. The lowest BCUT2D eigenvalue weighted by Crippen LogP contribution is -2.37. The van der Waals surface area contributed by atoms with Crippen LogP contribution in [-0.2, 0) is 4.79 Å². The fraction of sp³-hybridized carbons (Fsp3) is 0.615. The molecule has 8 heteroatoms. The Labute approximate surface area is 137 Å². The van der Waals surface area contributed by atoms with E-state index in [1.807, 2.05) is 0 Å². The molecule has 1 heterocycles. The molecular weight excluding hydrogens is 313 g/mol. The van der Waals surface area contributed by atoms with E-state index in [1.54, 1.807) is 18.6 Å². The zero-order chi connectivity index (χ0) is 13.5. The Bertz CT molecular complexity index is 407. The highest BCUT2D eigenvalue weighted by Crippen LogP contribution is 2.30. The van der Waals surface area contributed by atoms with Crippen LogP contribution in [0.5, 0.6) is 0 Å². The smallest absolute Gasteiger partial charge is 0.223 e. The first-order valence-electron chi connectivity index (χ1n) is 6.79. The predicted molar refractivity (Wildman–Crippen MR) is 87.9 cm³/mol. The molecule has 1 aliphatic carbocycles. The molecule has 0 unspecified atom stereocenters. The van der Waals surface area contributed by atoms with Gasteiger partial charge in [0.2, 0.25) is 5.91 Å². The van der Waals surface area contributed by atoms with E-state index in [2.05, 4.69) is 20.6 Å². The minimum absolute atomic E-state index is 0. The van der Waals surface area contributed by atoms with E-state index in [1.165, 1.54) is 0 Å². The number of amides is 1. The summed E-state index contributed by atoms with van der Waals surface area (Å²) in [6.45, 7) is 1.84. The molecule has 1 aromatic heterocycles. The van der Waals surface area contributed by atoms with Crippen molar-refractivity contribution < 1.29 is 4.79 Å². The van der Waals surface area contributed by atoms with E-state index in [4.69, 9.17) is 5.73 Å². The SMILES string of the molecule is Cl.Cl.NC[C@H]1CCC[C@H]1C(=O)NCCNc1cnccn1. The lowest BCUT2D eigenvalue weighted by molar-refractivity contribution is -0.125. The molecule has 0 aliphatic heterocycles. The molecule has 0 aromatic carbocycles. The number of hydrogen-bond donors (Lipinski definition) is 3. The number of carbonyl (C=O) groups excluding carboxylic acids is 1. The number of nitrogens with one attached hydrogen (secondary N) is 2. The van der Waals surface area contributed by atoms with Crippen molar-refractivity contribution in [3.05, 3.63) is 18.6 Å². The van der Waals surface area contributed by atoms with Gasteiger partial charge in [0.15, 0.2) is 0 Å². The second-order valence-electron chi connectivity index (χ2n) is 4.84. The Hall–Kier alpha value is -1.11. The largest absolute Gasteiger partial charge is 0.367 e. The fourth-order valence-electron chi connectivity index (χ4n) is 2.56. The zero-order valence-corrected chi connectivity index (χ0v) is 13.5. The van der Waals surface area contributed by atoms with E-state index in [9.17, 15) is 4.79 Å². The second-order valence-corrected chi connectivity index (χ2v) is 4.84. The molecule has 1 amide bonds. The van der Waals surface area contributed by atoms with Crippen molar-refractivity contribution >= 4 is 36.5 Å². The van der Waals surface area contributed by atoms with Crippen molar-refractivity contribution in [2.24, 2.45) is 17.6 Å². The number of anilines is 1. The monoisotopic (exact) mass is 335 g/mol. The van der Waals surface area contributed by atoms with Crippen LogP contribution in [0.2, 0.25) is 0 Å². The summed E-state index contributed by atoms with van der Waals surface area (Å²) in [7, 11) is 0. The standard InChI is InChI=1S/C13H21N5O.2ClH/c14-8-10-2-1-3-11(10)13(19)18-7-6-17-12-9-15-4-5-16-12;;/h4-5,9-11H,1-3,6-8,14H2,(H,16,17)(H,18,19);2*1H/t10-,11-;;/m1../s1. The van der Waals surface area contributed by atoms with Crippen LogP contribution in [0.1, 0.15) is 19.3 Å². The average molecular weight is 336 g/mol. The van der Waals surface area contributed by atoms with Crippen molar-refractivity contribution in [1.82, 2.24) is 15.3 Å². The normalized spacial score (nSPS) is 20.0. The first-order chi connectivity index (χ1) is 9.31. The highest BCUT2D eigenvalue weighted by atomic mass is 35.5. The second kappa shape index (κ2) is 10.6. The zero-order valence-electron chi connectivity index (χ0n) is 11.8. The molecule has 6 nitrogen and oxygen atoms in total. The number of nitrogens with zero attached hydrogens (tertiary/aromatic N) is 2. The van der Waals surface area contributed by atoms with Crippen LogP contribution in [0.4, 0.5) is 5.82 Å². The van der Waals surface area contributed by atoms with Gasteiger partial charge in [0.05, 0.1) is 6.20 Å². The molecule has 0 spiro atoms. The molecule has 0 radical (unpaired) electrons. The molecule has 0 bridgehead atoms. The molecule has 120 valence electrons. The Morgan fingerprint density at radius 2 is 2.10 bits per heavy atom. The van der Waals surface area contributed by atoms with Crippen LogP contribution in [0.15, 0.2) is 18.6 Å². The van der Waals surface area contributed by atoms with E-state index in [0.29, 0.717) is 25.6 Å². The van der Waals surface area contributed by atoms with Gasteiger partial charge in [-0.05, 0) is 25.3 Å². The van der Waals surface area contributed by atoms with Crippen molar-refractivity contribution in [2.45, 2.75) is 19.3 Å². The first kappa shape index (κ1) is 19.9. The third-order valence-electron chi connectivity index (χ3n) is 3.59. The number of hydrogen-bond acceptors (Lipinski definition) is 5. The molecule has 1 saturated carbocycles. The molecule has 1 aromatic rings. The van der Waals surface area contributed by atoms with Crippen molar-refractivity contribution in [2.75, 3.05) is 25.0 Å². The summed E-state index contributed by atoms with van der Waals surface area (Å²) in [4.78, 5) is 20.1. The molecule has 21 heavy (non-hydrogen) atoms. The molecule has 1 fully saturated rings. The van der Waals surface area contributed by atoms with Crippen LogP contribution in [0, 0.1) is 11.8 Å². The van der Waals surface area contributed by atoms with Crippen LogP contribution >= 0.6 is 24.8 Å². The molecule has 0 saturated heterocycles. The summed E-state index contributed by atoms with van der Waals surface area (Å²) in [5, 5.41) is 6.06. The molecule has 4 N–H and O–H groups in total. The minimum atomic E-state index is 0. The van der Waals surface area contributed by atoms with Gasteiger partial charge in [-0.15, -0.1) is 24.8 Å². The van der Waals surface area contributed by atoms with Crippen LogP contribution in [0.25, 0.3) is 0 Å². The van der Waals surface area contributed by atoms with Gasteiger partial charge in [0.1, 0.15) is 5.82 Å². The third-order valence-corrected chi connectivity index (χ3v) is 3.59. The molecule has 2 atom stereocenters. The van der Waals surface area contributed by atoms with Gasteiger partial charge < -0.3 is 16.4 Å². The van der Waals surface area contributed by atoms with Gasteiger partial charge in [0, 0.05) is 31.4 Å². The predicted octanol–water partition coefficient (Wildman–Crippen LogP) is 1.22. The van der Waals surface area contributed by atoms with Gasteiger partial charge in [-0.25, -0.2) is 4.98 Å². The Balaban J connectivity index is 0.00000200. The van der Waals surface area contributed by atoms with E-state index < -0.39 is 0 Å². The summed E-state index contributed by atoms with van der Waals surface area (Å²) in [5.74, 6) is 1.31. The van der Waals surface area contributed by atoms with Crippen molar-refractivity contribution in [3.8, 4) is 0 Å². The Morgan fingerprint density at radius 1 is 1.29 bits per heavy atom. The number of nitrogens with two attached hydrogens (primary N) is 1. The van der Waals surface area contributed by atoms with Crippen LogP contribution in [-0.4, -0.2) is 35.5 Å². The highest BCUT2D eigenvalue weighted by Gasteiger charge is 2.31. The van der Waals surface area contributed by atoms with Crippen molar-refractivity contribution in [1.29, 1.82) is 0 Å². The number of rotatable bonds is 6. The van der Waals surface area contributed by atoms with Crippen LogP contribution in [0.3, 0.4) is 0 Å². The van der Waals surface area contributed by atoms with Gasteiger partial charge >= 0.3 is 0 Å². The summed E-state index contributed by atoms with van der Waals surface area (Å²) in [6.07, 6.45) is 8.06. The lowest BCUT2D eigenvalue weighted by atomic mass is 9.95. The van der Waals surface area contributed by atoms with Gasteiger partial charge in [-0.2, -0.15) is 0 Å². The van der Waals surface area contributed by atoms with E-state index in [-0.39, 0.29) is 36.6 Å². The summed E-state index contributed by atoms with van der Waals surface area (Å²) in [6, 6.07) is 0. The Morgan fingerprint density at radius 3 is 2.76 bits per heavy atom. The molecule has 1 aliphatic rings. The minimum Gasteiger partial charge on any atom is -0.367 e. The van der Waals surface area contributed by atoms with Gasteiger partial charge in [-0.1, -0.05) is 6.42 Å². The first-order valence-corrected chi connectivity index (χ1v) is 6.79.